The number of methoxy groups -OCH3 is 1. The zero-order valence-corrected chi connectivity index (χ0v) is 19.0. The first-order valence-electron chi connectivity index (χ1n) is 9.39. The molecule has 2 aromatic carbocycles. The number of rotatable bonds is 6. The molecule has 1 aliphatic rings. The molecular weight excluding hydrogens is 472 g/mol. The number of amides is 3. The smallest absolute Gasteiger partial charge is 0.339 e. The van der Waals surface area contributed by atoms with Gasteiger partial charge >= 0.3 is 11.9 Å². The zero-order chi connectivity index (χ0) is 24.1. The number of anilines is 1. The molecule has 9 nitrogen and oxygen atoms in total. The fourth-order valence-corrected chi connectivity index (χ4v) is 3.83. The molecule has 1 fully saturated rings. The fraction of sp³-hybridized carbons (Fsp3) is 0.136. The largest absolute Gasteiger partial charge is 0.465 e. The number of nitrogens with zero attached hydrogens (tertiary/aromatic N) is 1. The molecule has 0 atom stereocenters. The highest BCUT2D eigenvalue weighted by Gasteiger charge is 2.36. The van der Waals surface area contributed by atoms with Crippen LogP contribution in [0.4, 0.5) is 10.5 Å². The first-order valence-corrected chi connectivity index (χ1v) is 10.6. The highest BCUT2D eigenvalue weighted by Crippen LogP contribution is 2.32. The summed E-state index contributed by atoms with van der Waals surface area (Å²) in [5.74, 6) is -2.03. The van der Waals surface area contributed by atoms with Crippen LogP contribution in [0.15, 0.2) is 47.4 Å². The van der Waals surface area contributed by atoms with E-state index in [0.717, 1.165) is 4.90 Å². The van der Waals surface area contributed by atoms with E-state index in [4.69, 9.17) is 16.3 Å². The summed E-state index contributed by atoms with van der Waals surface area (Å²) in [5.41, 5.74) is 0.920. The minimum Gasteiger partial charge on any atom is -0.465 e. The van der Waals surface area contributed by atoms with E-state index in [0.29, 0.717) is 23.1 Å². The minimum atomic E-state index is -0.673. The van der Waals surface area contributed by atoms with E-state index in [1.54, 1.807) is 24.3 Å². The number of benzene rings is 2. The predicted octanol–water partition coefficient (Wildman–Crippen LogP) is 3.73. The fourth-order valence-electron chi connectivity index (χ4n) is 2.80. The van der Waals surface area contributed by atoms with Crippen molar-refractivity contribution in [2.45, 2.75) is 6.92 Å². The van der Waals surface area contributed by atoms with Crippen molar-refractivity contribution >= 4 is 64.1 Å². The van der Waals surface area contributed by atoms with Crippen LogP contribution in [0.5, 0.6) is 5.75 Å². The minimum absolute atomic E-state index is 0.0609. The van der Waals surface area contributed by atoms with Gasteiger partial charge in [0.05, 0.1) is 22.6 Å². The zero-order valence-electron chi connectivity index (χ0n) is 17.4. The van der Waals surface area contributed by atoms with Crippen molar-refractivity contribution in [3.63, 3.8) is 0 Å². The second kappa shape index (κ2) is 10.3. The number of thioether (sulfide) groups is 1. The maximum atomic E-state index is 12.6. The number of carbonyl (C=O) groups is 5. The first-order chi connectivity index (χ1) is 15.7. The molecule has 33 heavy (non-hydrogen) atoms. The molecular formula is C22H17ClN2O7S. The van der Waals surface area contributed by atoms with Gasteiger partial charge in [0.1, 0.15) is 12.3 Å². The Morgan fingerprint density at radius 1 is 1.12 bits per heavy atom. The maximum absolute atomic E-state index is 12.6. The van der Waals surface area contributed by atoms with E-state index in [-0.39, 0.29) is 21.2 Å². The Kier molecular flexibility index (Phi) is 7.52. The van der Waals surface area contributed by atoms with E-state index < -0.39 is 35.5 Å². The maximum Gasteiger partial charge on any atom is 0.339 e. The second-order valence-electron chi connectivity index (χ2n) is 6.66. The number of imide groups is 1. The molecule has 11 heteroatoms. The Balaban J connectivity index is 1.67. The van der Waals surface area contributed by atoms with E-state index in [1.165, 1.54) is 38.3 Å². The average Bonchev–Trinajstić information content (AvgIpc) is 3.02. The van der Waals surface area contributed by atoms with Crippen molar-refractivity contribution in [2.24, 2.45) is 0 Å². The average molecular weight is 489 g/mol. The van der Waals surface area contributed by atoms with Gasteiger partial charge in [0.15, 0.2) is 0 Å². The van der Waals surface area contributed by atoms with E-state index in [9.17, 15) is 24.0 Å². The van der Waals surface area contributed by atoms with Crippen LogP contribution in [-0.2, 0) is 19.1 Å². The molecule has 3 amide bonds. The van der Waals surface area contributed by atoms with Crippen molar-refractivity contribution in [3.8, 4) is 5.75 Å². The van der Waals surface area contributed by atoms with Gasteiger partial charge in [-0.2, -0.15) is 0 Å². The number of halogens is 1. The van der Waals surface area contributed by atoms with Gasteiger partial charge in [-0.1, -0.05) is 23.7 Å². The van der Waals surface area contributed by atoms with Crippen LogP contribution >= 0.6 is 23.4 Å². The Bertz CT molecular complexity index is 1180. The lowest BCUT2D eigenvalue weighted by Gasteiger charge is -2.13. The first kappa shape index (κ1) is 24.0. The molecule has 0 aliphatic carbocycles. The summed E-state index contributed by atoms with van der Waals surface area (Å²) in [6, 6.07) is 10.6. The molecule has 0 bridgehead atoms. The van der Waals surface area contributed by atoms with Crippen molar-refractivity contribution in [1.29, 1.82) is 0 Å². The van der Waals surface area contributed by atoms with Crippen LogP contribution in [0, 0.1) is 0 Å². The number of ether oxygens (including phenoxy) is 2. The van der Waals surface area contributed by atoms with Crippen LogP contribution in [0.2, 0.25) is 5.02 Å². The Morgan fingerprint density at radius 2 is 1.82 bits per heavy atom. The lowest BCUT2D eigenvalue weighted by molar-refractivity contribution is -0.131. The number of hydrogen-bond acceptors (Lipinski definition) is 8. The van der Waals surface area contributed by atoms with Crippen LogP contribution in [-0.4, -0.2) is 47.5 Å². The van der Waals surface area contributed by atoms with Crippen LogP contribution < -0.4 is 10.1 Å². The topological polar surface area (TPSA) is 119 Å². The Morgan fingerprint density at radius 3 is 2.45 bits per heavy atom. The molecule has 1 saturated heterocycles. The lowest BCUT2D eigenvalue weighted by atomic mass is 10.2. The molecule has 170 valence electrons. The van der Waals surface area contributed by atoms with Crippen LogP contribution in [0.1, 0.15) is 22.8 Å². The van der Waals surface area contributed by atoms with Gasteiger partial charge in [0, 0.05) is 12.6 Å². The quantitative estimate of drug-likeness (QED) is 0.371. The van der Waals surface area contributed by atoms with Crippen molar-refractivity contribution in [3.05, 3.63) is 63.5 Å². The van der Waals surface area contributed by atoms with Gasteiger partial charge in [-0.25, -0.2) is 4.79 Å². The summed E-state index contributed by atoms with van der Waals surface area (Å²) in [6.45, 7) is 0.772. The summed E-state index contributed by atoms with van der Waals surface area (Å²) in [7, 11) is 1.20. The van der Waals surface area contributed by atoms with E-state index in [1.807, 2.05) is 0 Å². The molecule has 2 aromatic rings. The molecule has 1 N–H and O–H groups in total. The normalized spacial score (nSPS) is 14.4. The van der Waals surface area contributed by atoms with Crippen molar-refractivity contribution in [2.75, 3.05) is 19.0 Å². The molecule has 0 aromatic heterocycles. The standard InChI is InChI=1S/C22H17ClN2O7S/c1-12(26)32-15-6-3-13(4-7-15)9-18-20(28)25(22(30)33-18)11-19(27)24-14-5-8-17(23)16(10-14)21(29)31-2/h3-10H,11H2,1-2H3,(H,24,27)/b18-9+. The van der Waals surface area contributed by atoms with E-state index >= 15 is 0 Å². The molecule has 0 radical (unpaired) electrons. The third-order valence-corrected chi connectivity index (χ3v) is 5.51. The van der Waals surface area contributed by atoms with Gasteiger partial charge in [-0.3, -0.25) is 24.1 Å². The molecule has 0 saturated carbocycles. The molecule has 1 heterocycles. The van der Waals surface area contributed by atoms with Gasteiger partial charge in [0.25, 0.3) is 11.1 Å². The van der Waals surface area contributed by atoms with Gasteiger partial charge in [0.2, 0.25) is 5.91 Å². The summed E-state index contributed by atoms with van der Waals surface area (Å²) in [5, 5.41) is 2.08. The number of nitrogens with one attached hydrogen (secondary N) is 1. The van der Waals surface area contributed by atoms with Crippen molar-refractivity contribution in [1.82, 2.24) is 4.90 Å². The SMILES string of the molecule is COC(=O)c1cc(NC(=O)CN2C(=O)S/C(=C/c3ccc(OC(C)=O)cc3)C2=O)ccc1Cl. The van der Waals surface area contributed by atoms with Gasteiger partial charge < -0.3 is 14.8 Å². The third-order valence-electron chi connectivity index (χ3n) is 4.27. The van der Waals surface area contributed by atoms with Crippen LogP contribution in [0.25, 0.3) is 6.08 Å². The summed E-state index contributed by atoms with van der Waals surface area (Å²) in [6.07, 6.45) is 1.50. The third kappa shape index (κ3) is 5.99. The summed E-state index contributed by atoms with van der Waals surface area (Å²) in [4.78, 5) is 61.0. The Labute approximate surface area is 197 Å². The lowest BCUT2D eigenvalue weighted by Crippen LogP contribution is -2.36. The molecule has 3 rings (SSSR count). The monoisotopic (exact) mass is 488 g/mol. The second-order valence-corrected chi connectivity index (χ2v) is 8.07. The summed E-state index contributed by atoms with van der Waals surface area (Å²) >= 11 is 6.66. The van der Waals surface area contributed by atoms with Crippen LogP contribution in [0.3, 0.4) is 0 Å². The van der Waals surface area contributed by atoms with E-state index in [2.05, 4.69) is 10.1 Å². The number of hydrogen-bond donors (Lipinski definition) is 1. The Hall–Kier alpha value is -3.63. The highest BCUT2D eigenvalue weighted by molar-refractivity contribution is 8.18. The molecule has 0 spiro atoms. The molecule has 0 unspecified atom stereocenters. The summed E-state index contributed by atoms with van der Waals surface area (Å²) < 4.78 is 9.58. The van der Waals surface area contributed by atoms with Gasteiger partial charge in [-0.05, 0) is 53.7 Å². The van der Waals surface area contributed by atoms with Crippen molar-refractivity contribution < 1.29 is 33.4 Å². The number of carbonyl (C=O) groups excluding carboxylic acids is 5. The number of esters is 2. The van der Waals surface area contributed by atoms with Gasteiger partial charge in [-0.15, -0.1) is 0 Å². The molecule has 1 aliphatic heterocycles. The highest BCUT2D eigenvalue weighted by atomic mass is 35.5. The predicted molar refractivity (Wildman–Crippen MR) is 122 cm³/mol.